The Labute approximate surface area is 86.7 Å². The van der Waals surface area contributed by atoms with Gasteiger partial charge in [-0.05, 0) is 12.8 Å². The van der Waals surface area contributed by atoms with E-state index in [9.17, 15) is 4.79 Å². The molecule has 0 spiro atoms. The average Bonchev–Trinajstić information content (AvgIpc) is 2.16. The van der Waals surface area contributed by atoms with E-state index in [1.165, 1.54) is 38.5 Å². The monoisotopic (exact) mass is 200 g/mol. The summed E-state index contributed by atoms with van der Waals surface area (Å²) < 4.78 is 0. The second kappa shape index (κ2) is 6.47. The van der Waals surface area contributed by atoms with Crippen LogP contribution in [0.25, 0.3) is 0 Å². The van der Waals surface area contributed by atoms with E-state index < -0.39 is 0 Å². The molecule has 1 rings (SSSR count). The van der Waals surface area contributed by atoms with E-state index in [2.05, 4.69) is 12.6 Å². The highest BCUT2D eigenvalue weighted by Crippen LogP contribution is 2.23. The molecule has 0 radical (unpaired) electrons. The van der Waals surface area contributed by atoms with Crippen LogP contribution in [0.3, 0.4) is 0 Å². The van der Waals surface area contributed by atoms with Crippen molar-refractivity contribution < 1.29 is 4.79 Å². The molecular formula is C11H20OS. The topological polar surface area (TPSA) is 17.1 Å². The van der Waals surface area contributed by atoms with Crippen molar-refractivity contribution in [2.75, 3.05) is 0 Å². The summed E-state index contributed by atoms with van der Waals surface area (Å²) in [4.78, 5) is 10.8. The van der Waals surface area contributed by atoms with Crippen molar-refractivity contribution in [2.24, 2.45) is 5.92 Å². The van der Waals surface area contributed by atoms with Crippen LogP contribution in [0.1, 0.15) is 51.4 Å². The van der Waals surface area contributed by atoms with Crippen LogP contribution in [0, 0.1) is 5.92 Å². The van der Waals surface area contributed by atoms with E-state index in [4.69, 9.17) is 0 Å². The maximum atomic E-state index is 10.8. The quantitative estimate of drug-likeness (QED) is 0.508. The van der Waals surface area contributed by atoms with Crippen LogP contribution in [-0.2, 0) is 4.79 Å². The van der Waals surface area contributed by atoms with Crippen LogP contribution in [0.4, 0.5) is 0 Å². The van der Waals surface area contributed by atoms with Crippen molar-refractivity contribution in [3.8, 4) is 0 Å². The predicted molar refractivity (Wildman–Crippen MR) is 59.3 cm³/mol. The van der Waals surface area contributed by atoms with E-state index in [0.29, 0.717) is 5.25 Å². The van der Waals surface area contributed by atoms with Crippen LogP contribution >= 0.6 is 12.6 Å². The van der Waals surface area contributed by atoms with Gasteiger partial charge >= 0.3 is 0 Å². The molecule has 1 saturated carbocycles. The Morgan fingerprint density at radius 2 is 1.46 bits per heavy atom. The first-order chi connectivity index (χ1) is 6.34. The Morgan fingerprint density at radius 3 is 2.08 bits per heavy atom. The van der Waals surface area contributed by atoms with Crippen LogP contribution in [0.15, 0.2) is 0 Å². The van der Waals surface area contributed by atoms with Gasteiger partial charge in [-0.25, -0.2) is 0 Å². The molecule has 13 heavy (non-hydrogen) atoms. The summed E-state index contributed by atoms with van der Waals surface area (Å²) in [7, 11) is 0. The fraction of sp³-hybridized carbons (Fsp3) is 0.909. The van der Waals surface area contributed by atoms with E-state index >= 15 is 0 Å². The third kappa shape index (κ3) is 4.17. The van der Waals surface area contributed by atoms with Gasteiger partial charge in [0.15, 0.2) is 0 Å². The van der Waals surface area contributed by atoms with E-state index in [1.807, 2.05) is 0 Å². The Balaban J connectivity index is 2.36. The van der Waals surface area contributed by atoms with Crippen molar-refractivity contribution in [1.29, 1.82) is 0 Å². The molecule has 0 N–H and O–H groups in total. The Kier molecular flexibility index (Phi) is 5.52. The second-order valence-electron chi connectivity index (χ2n) is 4.07. The van der Waals surface area contributed by atoms with Gasteiger partial charge in [0.1, 0.15) is 6.29 Å². The fourth-order valence-electron chi connectivity index (χ4n) is 2.01. The summed E-state index contributed by atoms with van der Waals surface area (Å²) in [5, 5.41) is 0.315. The molecule has 0 aromatic heterocycles. The highest BCUT2D eigenvalue weighted by molar-refractivity contribution is 7.81. The SMILES string of the molecule is O=CC1CCCCCCCCC1S. The van der Waals surface area contributed by atoms with Crippen LogP contribution in [-0.4, -0.2) is 11.5 Å². The van der Waals surface area contributed by atoms with Crippen LogP contribution in [0.2, 0.25) is 0 Å². The average molecular weight is 200 g/mol. The van der Waals surface area contributed by atoms with Gasteiger partial charge in [-0.2, -0.15) is 12.6 Å². The van der Waals surface area contributed by atoms with Gasteiger partial charge in [-0.1, -0.05) is 38.5 Å². The van der Waals surface area contributed by atoms with Crippen molar-refractivity contribution in [1.82, 2.24) is 0 Å². The Bertz CT molecular complexity index is 147. The highest BCUT2D eigenvalue weighted by atomic mass is 32.1. The lowest BCUT2D eigenvalue weighted by Crippen LogP contribution is -2.17. The zero-order chi connectivity index (χ0) is 9.52. The standard InChI is InChI=1S/C11H20OS/c12-9-10-7-5-3-1-2-4-6-8-11(10)13/h9-11,13H,1-8H2. The first-order valence-corrected chi connectivity index (χ1v) is 5.99. The maximum absolute atomic E-state index is 10.8. The number of thiol groups is 1. The molecule has 0 aromatic rings. The smallest absolute Gasteiger partial charge is 0.124 e. The summed E-state index contributed by atoms with van der Waals surface area (Å²) in [5.41, 5.74) is 0. The minimum absolute atomic E-state index is 0.210. The summed E-state index contributed by atoms with van der Waals surface area (Å²) in [6.07, 6.45) is 11.1. The molecule has 1 aliphatic carbocycles. The van der Waals surface area contributed by atoms with E-state index in [0.717, 1.165) is 19.1 Å². The minimum atomic E-state index is 0.210. The number of aldehydes is 1. The molecule has 76 valence electrons. The summed E-state index contributed by atoms with van der Waals surface area (Å²) in [6, 6.07) is 0. The van der Waals surface area contributed by atoms with Crippen LogP contribution < -0.4 is 0 Å². The molecule has 0 aromatic carbocycles. The molecular weight excluding hydrogens is 180 g/mol. The van der Waals surface area contributed by atoms with Gasteiger partial charge in [0, 0.05) is 11.2 Å². The molecule has 1 nitrogen and oxygen atoms in total. The molecule has 0 aliphatic heterocycles. The van der Waals surface area contributed by atoms with Gasteiger partial charge in [-0.3, -0.25) is 0 Å². The number of carbonyl (C=O) groups excluding carboxylic acids is 1. The van der Waals surface area contributed by atoms with Crippen molar-refractivity contribution in [3.05, 3.63) is 0 Å². The normalized spacial score (nSPS) is 32.4. The van der Waals surface area contributed by atoms with E-state index in [1.54, 1.807) is 0 Å². The van der Waals surface area contributed by atoms with Gasteiger partial charge in [0.2, 0.25) is 0 Å². The number of rotatable bonds is 1. The third-order valence-electron chi connectivity index (χ3n) is 2.96. The van der Waals surface area contributed by atoms with Gasteiger partial charge in [0.25, 0.3) is 0 Å². The van der Waals surface area contributed by atoms with Crippen molar-refractivity contribution >= 4 is 18.9 Å². The largest absolute Gasteiger partial charge is 0.303 e. The molecule has 1 aliphatic rings. The van der Waals surface area contributed by atoms with Crippen molar-refractivity contribution in [3.63, 3.8) is 0 Å². The lowest BCUT2D eigenvalue weighted by Gasteiger charge is -2.19. The second-order valence-corrected chi connectivity index (χ2v) is 4.73. The zero-order valence-corrected chi connectivity index (χ0v) is 9.14. The predicted octanol–water partition coefficient (Wildman–Crippen LogP) is 3.23. The number of hydrogen-bond acceptors (Lipinski definition) is 2. The maximum Gasteiger partial charge on any atom is 0.124 e. The van der Waals surface area contributed by atoms with Gasteiger partial charge in [0.05, 0.1) is 0 Å². The molecule has 0 bridgehead atoms. The number of carbonyl (C=O) groups is 1. The Hall–Kier alpha value is 0.0200. The lowest BCUT2D eigenvalue weighted by molar-refractivity contribution is -0.111. The van der Waals surface area contributed by atoms with Gasteiger partial charge in [-0.15, -0.1) is 0 Å². The first kappa shape index (κ1) is 11.1. The molecule has 0 saturated heterocycles. The molecule has 2 heteroatoms. The minimum Gasteiger partial charge on any atom is -0.303 e. The Morgan fingerprint density at radius 1 is 0.923 bits per heavy atom. The van der Waals surface area contributed by atoms with Gasteiger partial charge < -0.3 is 4.79 Å². The summed E-state index contributed by atoms with van der Waals surface area (Å²) >= 11 is 4.50. The van der Waals surface area contributed by atoms with E-state index in [-0.39, 0.29) is 5.92 Å². The first-order valence-electron chi connectivity index (χ1n) is 5.48. The lowest BCUT2D eigenvalue weighted by atomic mass is 9.93. The number of hydrogen-bond donors (Lipinski definition) is 1. The third-order valence-corrected chi connectivity index (χ3v) is 3.60. The zero-order valence-electron chi connectivity index (χ0n) is 8.24. The fourth-order valence-corrected chi connectivity index (χ4v) is 2.41. The molecule has 2 atom stereocenters. The van der Waals surface area contributed by atoms with Crippen molar-refractivity contribution in [2.45, 2.75) is 56.6 Å². The van der Waals surface area contributed by atoms with Crippen LogP contribution in [0.5, 0.6) is 0 Å². The summed E-state index contributed by atoms with van der Waals surface area (Å²) in [6.45, 7) is 0. The summed E-state index contributed by atoms with van der Waals surface area (Å²) in [5.74, 6) is 0.210. The molecule has 0 heterocycles. The highest BCUT2D eigenvalue weighted by Gasteiger charge is 2.17. The molecule has 1 fully saturated rings. The molecule has 2 unspecified atom stereocenters. The molecule has 0 amide bonds.